The van der Waals surface area contributed by atoms with Crippen LogP contribution in [0.3, 0.4) is 0 Å². The minimum Gasteiger partial charge on any atom is -0.354 e. The summed E-state index contributed by atoms with van der Waals surface area (Å²) in [5.41, 5.74) is 4.04. The Morgan fingerprint density at radius 2 is 2.00 bits per heavy atom. The Bertz CT molecular complexity index is 1010. The molecule has 1 aromatic heterocycles. The fourth-order valence-corrected chi connectivity index (χ4v) is 3.69. The highest BCUT2D eigenvalue weighted by Crippen LogP contribution is 2.31. The highest BCUT2D eigenvalue weighted by molar-refractivity contribution is 7.99. The predicted octanol–water partition coefficient (Wildman–Crippen LogP) is 4.62. The SMILES string of the molecule is Cc1ccccc1-n1c(-c2ccc(Cl)cc2)cnc1SCC(=O)NCCC#N. The van der Waals surface area contributed by atoms with Crippen LogP contribution in [0.25, 0.3) is 16.9 Å². The first-order chi connectivity index (χ1) is 13.6. The van der Waals surface area contributed by atoms with Crippen LogP contribution >= 0.6 is 23.4 Å². The number of imidazole rings is 1. The maximum absolute atomic E-state index is 12.0. The third-order valence-corrected chi connectivity index (χ3v) is 5.32. The van der Waals surface area contributed by atoms with Crippen molar-refractivity contribution < 1.29 is 4.79 Å². The summed E-state index contributed by atoms with van der Waals surface area (Å²) in [7, 11) is 0. The minimum atomic E-state index is -0.118. The van der Waals surface area contributed by atoms with Crippen LogP contribution in [-0.4, -0.2) is 27.8 Å². The number of carbonyl (C=O) groups is 1. The lowest BCUT2D eigenvalue weighted by Gasteiger charge is -2.14. The predicted molar refractivity (Wildman–Crippen MR) is 113 cm³/mol. The first-order valence-electron chi connectivity index (χ1n) is 8.76. The van der Waals surface area contributed by atoms with E-state index in [1.807, 2.05) is 67.7 Å². The first kappa shape index (κ1) is 20.0. The van der Waals surface area contributed by atoms with Gasteiger partial charge in [-0.05, 0) is 30.7 Å². The van der Waals surface area contributed by atoms with E-state index in [0.717, 1.165) is 27.7 Å². The van der Waals surface area contributed by atoms with Crippen LogP contribution in [0, 0.1) is 18.3 Å². The number of nitrogens with zero attached hydrogens (tertiary/aromatic N) is 3. The molecule has 142 valence electrons. The van der Waals surface area contributed by atoms with Gasteiger partial charge in [-0.3, -0.25) is 9.36 Å². The molecule has 7 heteroatoms. The number of nitrogens with one attached hydrogen (secondary N) is 1. The maximum Gasteiger partial charge on any atom is 0.230 e. The largest absolute Gasteiger partial charge is 0.354 e. The Kier molecular flexibility index (Phi) is 6.75. The molecule has 0 saturated heterocycles. The zero-order chi connectivity index (χ0) is 19.9. The second-order valence-corrected chi connectivity index (χ2v) is 7.48. The van der Waals surface area contributed by atoms with E-state index in [0.29, 0.717) is 18.0 Å². The molecule has 0 fully saturated rings. The van der Waals surface area contributed by atoms with Crippen molar-refractivity contribution in [1.82, 2.24) is 14.9 Å². The van der Waals surface area contributed by atoms with Gasteiger partial charge in [-0.2, -0.15) is 5.26 Å². The van der Waals surface area contributed by atoms with Crippen molar-refractivity contribution in [2.75, 3.05) is 12.3 Å². The van der Waals surface area contributed by atoms with Crippen molar-refractivity contribution in [2.24, 2.45) is 0 Å². The molecular formula is C21H19ClN4OS. The molecule has 1 heterocycles. The summed E-state index contributed by atoms with van der Waals surface area (Å²) in [4.78, 5) is 16.6. The van der Waals surface area contributed by atoms with Gasteiger partial charge in [-0.15, -0.1) is 0 Å². The van der Waals surface area contributed by atoms with Crippen LogP contribution in [0.15, 0.2) is 59.9 Å². The number of amides is 1. The number of rotatable bonds is 7. The third kappa shape index (κ3) is 4.75. The Hall–Kier alpha value is -2.75. The van der Waals surface area contributed by atoms with E-state index in [2.05, 4.69) is 14.9 Å². The average Bonchev–Trinajstić information content (AvgIpc) is 3.11. The number of aromatic nitrogens is 2. The Labute approximate surface area is 173 Å². The molecule has 0 unspecified atom stereocenters. The van der Waals surface area contributed by atoms with Gasteiger partial charge in [0.25, 0.3) is 0 Å². The van der Waals surface area contributed by atoms with E-state index in [1.165, 1.54) is 11.8 Å². The van der Waals surface area contributed by atoms with Crippen molar-refractivity contribution in [3.8, 4) is 23.0 Å². The Balaban J connectivity index is 1.92. The summed E-state index contributed by atoms with van der Waals surface area (Å²) in [5, 5.41) is 12.7. The number of nitriles is 1. The van der Waals surface area contributed by atoms with Gasteiger partial charge in [0, 0.05) is 17.1 Å². The van der Waals surface area contributed by atoms with E-state index in [9.17, 15) is 4.79 Å². The monoisotopic (exact) mass is 410 g/mol. The first-order valence-corrected chi connectivity index (χ1v) is 10.1. The Morgan fingerprint density at radius 3 is 2.71 bits per heavy atom. The zero-order valence-electron chi connectivity index (χ0n) is 15.4. The number of aryl methyl sites for hydroxylation is 1. The molecule has 0 radical (unpaired) electrons. The molecule has 1 N–H and O–H groups in total. The van der Waals surface area contributed by atoms with E-state index < -0.39 is 0 Å². The standard InChI is InChI=1S/C21H19ClN4OS/c1-15-5-2-3-6-18(15)26-19(16-7-9-17(22)10-8-16)13-25-21(26)28-14-20(27)24-12-4-11-23/h2-3,5-10,13H,4,12,14H2,1H3,(H,24,27). The van der Waals surface area contributed by atoms with Crippen LogP contribution in [-0.2, 0) is 4.79 Å². The summed E-state index contributed by atoms with van der Waals surface area (Å²) in [6.07, 6.45) is 2.11. The lowest BCUT2D eigenvalue weighted by Crippen LogP contribution is -2.26. The molecule has 0 aliphatic carbocycles. The second-order valence-electron chi connectivity index (χ2n) is 6.10. The summed E-state index contributed by atoms with van der Waals surface area (Å²) < 4.78 is 2.06. The molecule has 28 heavy (non-hydrogen) atoms. The maximum atomic E-state index is 12.0. The normalized spacial score (nSPS) is 10.5. The van der Waals surface area contributed by atoms with Gasteiger partial charge in [0.05, 0.1) is 35.8 Å². The van der Waals surface area contributed by atoms with E-state index in [4.69, 9.17) is 16.9 Å². The molecule has 5 nitrogen and oxygen atoms in total. The molecule has 3 aromatic rings. The van der Waals surface area contributed by atoms with Gasteiger partial charge in [0.2, 0.25) is 5.91 Å². The van der Waals surface area contributed by atoms with Crippen molar-refractivity contribution in [3.63, 3.8) is 0 Å². The quantitative estimate of drug-likeness (QED) is 0.455. The fraction of sp³-hybridized carbons (Fsp3) is 0.190. The summed E-state index contributed by atoms with van der Waals surface area (Å²) >= 11 is 7.40. The molecule has 3 rings (SSSR count). The molecule has 2 aromatic carbocycles. The smallest absolute Gasteiger partial charge is 0.230 e. The number of benzene rings is 2. The van der Waals surface area contributed by atoms with E-state index in [1.54, 1.807) is 0 Å². The van der Waals surface area contributed by atoms with Crippen LogP contribution in [0.5, 0.6) is 0 Å². The number of hydrogen-bond donors (Lipinski definition) is 1. The topological polar surface area (TPSA) is 70.7 Å². The van der Waals surface area contributed by atoms with Gasteiger partial charge in [-0.1, -0.05) is 53.7 Å². The third-order valence-electron chi connectivity index (χ3n) is 4.12. The lowest BCUT2D eigenvalue weighted by molar-refractivity contribution is -0.118. The second kappa shape index (κ2) is 9.45. The molecule has 0 atom stereocenters. The van der Waals surface area contributed by atoms with Gasteiger partial charge < -0.3 is 5.32 Å². The molecule has 0 bridgehead atoms. The van der Waals surface area contributed by atoms with Gasteiger partial charge in [0.15, 0.2) is 5.16 Å². The van der Waals surface area contributed by atoms with E-state index in [-0.39, 0.29) is 11.7 Å². The molecule has 0 saturated carbocycles. The van der Waals surface area contributed by atoms with Crippen LogP contribution in [0.2, 0.25) is 5.02 Å². The lowest BCUT2D eigenvalue weighted by atomic mass is 10.1. The van der Waals surface area contributed by atoms with Crippen molar-refractivity contribution >= 4 is 29.3 Å². The van der Waals surface area contributed by atoms with Gasteiger partial charge >= 0.3 is 0 Å². The van der Waals surface area contributed by atoms with Crippen molar-refractivity contribution in [2.45, 2.75) is 18.5 Å². The van der Waals surface area contributed by atoms with Crippen LogP contribution in [0.1, 0.15) is 12.0 Å². The molecule has 0 aliphatic rings. The summed E-state index contributed by atoms with van der Waals surface area (Å²) in [6, 6.07) is 17.7. The highest BCUT2D eigenvalue weighted by Gasteiger charge is 2.16. The molecule has 0 aliphatic heterocycles. The number of carbonyl (C=O) groups excluding carboxylic acids is 1. The molecule has 1 amide bonds. The van der Waals surface area contributed by atoms with Gasteiger partial charge in [0.1, 0.15) is 0 Å². The van der Waals surface area contributed by atoms with Gasteiger partial charge in [-0.25, -0.2) is 4.98 Å². The van der Waals surface area contributed by atoms with Crippen LogP contribution < -0.4 is 5.32 Å². The summed E-state index contributed by atoms with van der Waals surface area (Å²) in [5.74, 6) is 0.113. The van der Waals surface area contributed by atoms with Crippen molar-refractivity contribution in [3.05, 3.63) is 65.3 Å². The van der Waals surface area contributed by atoms with Crippen molar-refractivity contribution in [1.29, 1.82) is 5.26 Å². The molecular weight excluding hydrogens is 392 g/mol. The highest BCUT2D eigenvalue weighted by atomic mass is 35.5. The Morgan fingerprint density at radius 1 is 1.25 bits per heavy atom. The number of thioether (sulfide) groups is 1. The average molecular weight is 411 g/mol. The number of para-hydroxylation sites is 1. The summed E-state index contributed by atoms with van der Waals surface area (Å²) in [6.45, 7) is 2.40. The van der Waals surface area contributed by atoms with E-state index >= 15 is 0 Å². The fourth-order valence-electron chi connectivity index (χ4n) is 2.75. The minimum absolute atomic E-state index is 0.118. The number of hydrogen-bond acceptors (Lipinski definition) is 4. The van der Waals surface area contributed by atoms with Crippen LogP contribution in [0.4, 0.5) is 0 Å². The zero-order valence-corrected chi connectivity index (χ0v) is 16.9. The molecule has 0 spiro atoms. The number of halogens is 1.